The zero-order valence-corrected chi connectivity index (χ0v) is 13.2. The molecular formula is C15H19NO5S. The van der Waals surface area contributed by atoms with Gasteiger partial charge in [-0.2, -0.15) is 0 Å². The van der Waals surface area contributed by atoms with Crippen molar-refractivity contribution < 1.29 is 24.5 Å². The van der Waals surface area contributed by atoms with E-state index in [4.69, 9.17) is 9.84 Å². The second kappa shape index (κ2) is 5.33. The fourth-order valence-electron chi connectivity index (χ4n) is 3.59. The Labute approximate surface area is 132 Å². The summed E-state index contributed by atoms with van der Waals surface area (Å²) in [6.07, 6.45) is 2.39. The van der Waals surface area contributed by atoms with Gasteiger partial charge in [-0.25, -0.2) is 4.79 Å². The van der Waals surface area contributed by atoms with Crippen LogP contribution in [0.2, 0.25) is 0 Å². The SMILES string of the molecule is Cc1sc(C(=O)O)cc1C(=O)NCC12CC(CO)(CCO1)C2. The molecule has 120 valence electrons. The largest absolute Gasteiger partial charge is 0.477 e. The number of aryl methyl sites for hydroxylation is 1. The van der Waals surface area contributed by atoms with Crippen LogP contribution in [0.5, 0.6) is 0 Å². The third-order valence-electron chi connectivity index (χ3n) is 4.71. The summed E-state index contributed by atoms with van der Waals surface area (Å²) in [5, 5.41) is 21.3. The van der Waals surface area contributed by atoms with Gasteiger partial charge >= 0.3 is 5.97 Å². The molecule has 0 radical (unpaired) electrons. The van der Waals surface area contributed by atoms with Gasteiger partial charge in [0.2, 0.25) is 0 Å². The number of ether oxygens (including phenoxy) is 1. The molecule has 0 spiro atoms. The molecule has 22 heavy (non-hydrogen) atoms. The Morgan fingerprint density at radius 3 is 2.77 bits per heavy atom. The van der Waals surface area contributed by atoms with E-state index in [-0.39, 0.29) is 28.4 Å². The molecular weight excluding hydrogens is 306 g/mol. The van der Waals surface area contributed by atoms with Crippen molar-refractivity contribution in [2.75, 3.05) is 19.8 Å². The molecule has 3 aliphatic rings. The fraction of sp³-hybridized carbons (Fsp3) is 0.600. The van der Waals surface area contributed by atoms with E-state index in [9.17, 15) is 14.7 Å². The van der Waals surface area contributed by atoms with Gasteiger partial charge in [-0.1, -0.05) is 0 Å². The summed E-state index contributed by atoms with van der Waals surface area (Å²) in [6, 6.07) is 1.41. The number of nitrogens with one attached hydrogen (secondary N) is 1. The van der Waals surface area contributed by atoms with Gasteiger partial charge in [-0.3, -0.25) is 4.79 Å². The van der Waals surface area contributed by atoms with Gasteiger partial charge in [0.25, 0.3) is 5.91 Å². The Bertz CT molecular complexity index is 617. The molecule has 3 fully saturated rings. The number of rotatable bonds is 5. The first-order chi connectivity index (χ1) is 10.4. The zero-order valence-electron chi connectivity index (χ0n) is 12.3. The Kier molecular flexibility index (Phi) is 3.74. The summed E-state index contributed by atoms with van der Waals surface area (Å²) < 4.78 is 5.80. The Balaban J connectivity index is 1.63. The van der Waals surface area contributed by atoms with E-state index in [2.05, 4.69) is 5.32 Å². The maximum Gasteiger partial charge on any atom is 0.345 e. The number of carbonyl (C=O) groups is 2. The van der Waals surface area contributed by atoms with Crippen LogP contribution in [0.3, 0.4) is 0 Å². The quantitative estimate of drug-likeness (QED) is 0.761. The van der Waals surface area contributed by atoms with Gasteiger partial charge in [0.15, 0.2) is 0 Å². The van der Waals surface area contributed by atoms with Gasteiger partial charge in [-0.15, -0.1) is 11.3 Å². The van der Waals surface area contributed by atoms with Crippen molar-refractivity contribution in [1.82, 2.24) is 5.32 Å². The second-order valence-corrected chi connectivity index (χ2v) is 7.62. The summed E-state index contributed by atoms with van der Waals surface area (Å²) in [5.41, 5.74) is 0.0101. The summed E-state index contributed by atoms with van der Waals surface area (Å²) >= 11 is 1.10. The van der Waals surface area contributed by atoms with E-state index >= 15 is 0 Å². The summed E-state index contributed by atoms with van der Waals surface area (Å²) in [4.78, 5) is 24.1. The lowest BCUT2D eigenvalue weighted by Gasteiger charge is -2.59. The summed E-state index contributed by atoms with van der Waals surface area (Å²) in [6.45, 7) is 2.90. The first kappa shape index (κ1) is 15.5. The molecule has 7 heteroatoms. The molecule has 2 saturated heterocycles. The monoisotopic (exact) mass is 325 g/mol. The number of aliphatic hydroxyl groups is 1. The smallest absolute Gasteiger partial charge is 0.345 e. The lowest BCUT2D eigenvalue weighted by molar-refractivity contribution is -0.232. The van der Waals surface area contributed by atoms with Crippen LogP contribution >= 0.6 is 11.3 Å². The van der Waals surface area contributed by atoms with E-state index in [0.29, 0.717) is 23.6 Å². The first-order valence-electron chi connectivity index (χ1n) is 7.25. The third kappa shape index (κ3) is 2.53. The van der Waals surface area contributed by atoms with Crippen LogP contribution in [-0.4, -0.2) is 47.4 Å². The molecule has 2 bridgehead atoms. The number of carbonyl (C=O) groups excluding carboxylic acids is 1. The molecule has 3 heterocycles. The van der Waals surface area contributed by atoms with Crippen LogP contribution in [0.25, 0.3) is 0 Å². The van der Waals surface area contributed by atoms with Crippen LogP contribution in [0.4, 0.5) is 0 Å². The first-order valence-corrected chi connectivity index (χ1v) is 8.07. The lowest BCUT2D eigenvalue weighted by atomic mass is 9.56. The predicted molar refractivity (Wildman–Crippen MR) is 80.4 cm³/mol. The lowest BCUT2D eigenvalue weighted by Crippen LogP contribution is -2.64. The minimum Gasteiger partial charge on any atom is -0.477 e. The van der Waals surface area contributed by atoms with Crippen molar-refractivity contribution in [1.29, 1.82) is 0 Å². The van der Waals surface area contributed by atoms with Crippen molar-refractivity contribution >= 4 is 23.2 Å². The second-order valence-electron chi connectivity index (χ2n) is 6.36. The van der Waals surface area contributed by atoms with Gasteiger partial charge in [0.1, 0.15) is 4.88 Å². The highest BCUT2D eigenvalue weighted by atomic mass is 32.1. The molecule has 6 nitrogen and oxygen atoms in total. The Hall–Kier alpha value is -1.44. The van der Waals surface area contributed by atoms with Crippen LogP contribution in [0.15, 0.2) is 6.07 Å². The van der Waals surface area contributed by atoms with Crippen LogP contribution in [-0.2, 0) is 4.74 Å². The predicted octanol–water partition coefficient (Wildman–Crippen LogP) is 1.42. The highest BCUT2D eigenvalue weighted by Gasteiger charge is 2.58. The number of hydrogen-bond donors (Lipinski definition) is 3. The minimum absolute atomic E-state index is 0.0300. The molecule has 4 rings (SSSR count). The Morgan fingerprint density at radius 2 is 2.18 bits per heavy atom. The number of fused-ring (bicyclic) bond motifs is 2. The number of amides is 1. The maximum atomic E-state index is 12.3. The average molecular weight is 325 g/mol. The van der Waals surface area contributed by atoms with Crippen LogP contribution in [0.1, 0.15) is 44.2 Å². The summed E-state index contributed by atoms with van der Waals surface area (Å²) in [7, 11) is 0. The van der Waals surface area contributed by atoms with Crippen LogP contribution in [0, 0.1) is 12.3 Å². The van der Waals surface area contributed by atoms with E-state index in [1.807, 2.05) is 0 Å². The van der Waals surface area contributed by atoms with Gasteiger partial charge in [0, 0.05) is 30.1 Å². The zero-order chi connectivity index (χ0) is 16.0. The standard InChI is InChI=1S/C15H19NO5S/c1-9-10(4-11(22-9)13(19)20)12(18)16-7-15-5-14(6-15,8-17)2-3-21-15/h4,17H,2-3,5-8H2,1H3,(H,16,18)(H,19,20). The average Bonchev–Trinajstić information content (AvgIpc) is 2.87. The van der Waals surface area contributed by atoms with E-state index in [1.165, 1.54) is 6.07 Å². The Morgan fingerprint density at radius 1 is 1.45 bits per heavy atom. The van der Waals surface area contributed by atoms with Crippen molar-refractivity contribution in [3.8, 4) is 0 Å². The maximum absolute atomic E-state index is 12.3. The van der Waals surface area contributed by atoms with E-state index in [1.54, 1.807) is 6.92 Å². The highest BCUT2D eigenvalue weighted by molar-refractivity contribution is 7.14. The van der Waals surface area contributed by atoms with Gasteiger partial charge in [0.05, 0.1) is 11.2 Å². The number of aromatic carboxylic acids is 1. The number of carboxylic acids is 1. The molecule has 1 amide bonds. The normalized spacial score (nSPS) is 29.7. The van der Waals surface area contributed by atoms with Crippen molar-refractivity contribution in [2.24, 2.45) is 5.41 Å². The fourth-order valence-corrected chi connectivity index (χ4v) is 4.45. The number of hydrogen-bond acceptors (Lipinski definition) is 5. The number of carboxylic acid groups (broad SMARTS) is 1. The molecule has 1 aromatic rings. The molecule has 0 atom stereocenters. The third-order valence-corrected chi connectivity index (χ3v) is 5.75. The van der Waals surface area contributed by atoms with Crippen molar-refractivity contribution in [3.63, 3.8) is 0 Å². The molecule has 1 aliphatic carbocycles. The van der Waals surface area contributed by atoms with Crippen LogP contribution < -0.4 is 5.32 Å². The van der Waals surface area contributed by atoms with E-state index in [0.717, 1.165) is 30.6 Å². The minimum atomic E-state index is -1.02. The van der Waals surface area contributed by atoms with Crippen molar-refractivity contribution in [3.05, 3.63) is 21.4 Å². The highest BCUT2D eigenvalue weighted by Crippen LogP contribution is 2.55. The molecule has 0 unspecified atom stereocenters. The molecule has 3 N–H and O–H groups in total. The molecule has 0 aromatic carbocycles. The number of aliphatic hydroxyl groups excluding tert-OH is 1. The van der Waals surface area contributed by atoms with Gasteiger partial charge in [-0.05, 0) is 32.3 Å². The molecule has 1 aromatic heterocycles. The van der Waals surface area contributed by atoms with E-state index < -0.39 is 5.97 Å². The summed E-state index contributed by atoms with van der Waals surface area (Å²) in [5.74, 6) is -1.29. The molecule has 2 aliphatic heterocycles. The van der Waals surface area contributed by atoms with Gasteiger partial charge < -0.3 is 20.3 Å². The number of thiophene rings is 1. The topological polar surface area (TPSA) is 95.9 Å². The molecule has 1 saturated carbocycles. The van der Waals surface area contributed by atoms with Crippen molar-refractivity contribution in [2.45, 2.75) is 31.8 Å².